The maximum absolute atomic E-state index is 12.0. The minimum Gasteiger partial charge on any atom is -0.460 e. The molecule has 0 aliphatic heterocycles. The maximum atomic E-state index is 12.0. The lowest BCUT2D eigenvalue weighted by Crippen LogP contribution is -2.40. The summed E-state index contributed by atoms with van der Waals surface area (Å²) in [5, 5.41) is 0. The lowest BCUT2D eigenvalue weighted by molar-refractivity contribution is -0.142. The van der Waals surface area contributed by atoms with Crippen LogP contribution in [0.4, 0.5) is 0 Å². The molecule has 0 unspecified atom stereocenters. The van der Waals surface area contributed by atoms with E-state index in [1.807, 2.05) is 32.9 Å². The molecule has 0 spiro atoms. The molecule has 0 aromatic heterocycles. The van der Waals surface area contributed by atoms with Gasteiger partial charge in [-0.15, -0.1) is 0 Å². The molecule has 0 amide bonds. The van der Waals surface area contributed by atoms with Gasteiger partial charge in [-0.05, 0) is 50.2 Å². The lowest BCUT2D eigenvalue weighted by atomic mass is 9.76. The molecule has 0 saturated carbocycles. The SMILES string of the molecule is C=C1CC(C(=O)OC(C)C)=CC=C1[C@@](C)(N)CCC(C)(C)C. The number of esters is 1. The van der Waals surface area contributed by atoms with Crippen molar-refractivity contribution < 1.29 is 9.53 Å². The van der Waals surface area contributed by atoms with Crippen molar-refractivity contribution in [2.45, 2.75) is 72.4 Å². The van der Waals surface area contributed by atoms with Gasteiger partial charge in [0.1, 0.15) is 0 Å². The van der Waals surface area contributed by atoms with Gasteiger partial charge in [-0.3, -0.25) is 0 Å². The van der Waals surface area contributed by atoms with E-state index < -0.39 is 5.54 Å². The van der Waals surface area contributed by atoms with Crippen LogP contribution in [0.25, 0.3) is 0 Å². The predicted octanol–water partition coefficient (Wildman–Crippen LogP) is 4.29. The highest BCUT2D eigenvalue weighted by atomic mass is 16.5. The van der Waals surface area contributed by atoms with Crippen molar-refractivity contribution in [3.05, 3.63) is 35.5 Å². The Bertz CT molecular complexity index is 502. The van der Waals surface area contributed by atoms with Gasteiger partial charge in [0.25, 0.3) is 0 Å². The fourth-order valence-corrected chi connectivity index (χ4v) is 2.48. The summed E-state index contributed by atoms with van der Waals surface area (Å²) in [6.07, 6.45) is 6.10. The molecule has 0 saturated heterocycles. The van der Waals surface area contributed by atoms with Gasteiger partial charge in [-0.25, -0.2) is 4.79 Å². The van der Waals surface area contributed by atoms with Crippen LogP contribution in [0.5, 0.6) is 0 Å². The third-order valence-corrected chi connectivity index (χ3v) is 3.85. The highest BCUT2D eigenvalue weighted by molar-refractivity contribution is 5.90. The molecule has 1 atom stereocenters. The molecule has 124 valence electrons. The largest absolute Gasteiger partial charge is 0.460 e. The Hall–Kier alpha value is -1.35. The minimum absolute atomic E-state index is 0.112. The zero-order valence-corrected chi connectivity index (χ0v) is 15.0. The Kier molecular flexibility index (Phi) is 5.80. The van der Waals surface area contributed by atoms with Crippen molar-refractivity contribution in [3.8, 4) is 0 Å². The first kappa shape index (κ1) is 18.7. The Morgan fingerprint density at radius 3 is 2.32 bits per heavy atom. The first-order valence-electron chi connectivity index (χ1n) is 8.02. The number of hydrogen-bond acceptors (Lipinski definition) is 3. The summed E-state index contributed by atoms with van der Waals surface area (Å²) in [6.45, 7) is 16.5. The third-order valence-electron chi connectivity index (χ3n) is 3.85. The van der Waals surface area contributed by atoms with Crippen molar-refractivity contribution >= 4 is 5.97 Å². The van der Waals surface area contributed by atoms with Gasteiger partial charge in [0.2, 0.25) is 0 Å². The fraction of sp³-hybridized carbons (Fsp3) is 0.632. The van der Waals surface area contributed by atoms with Crippen LogP contribution in [0.2, 0.25) is 0 Å². The van der Waals surface area contributed by atoms with Crippen molar-refractivity contribution in [2.75, 3.05) is 0 Å². The summed E-state index contributed by atoms with van der Waals surface area (Å²) in [4.78, 5) is 12.0. The number of rotatable bonds is 5. The van der Waals surface area contributed by atoms with Crippen molar-refractivity contribution in [1.82, 2.24) is 0 Å². The molecule has 3 heteroatoms. The van der Waals surface area contributed by atoms with Crippen molar-refractivity contribution in [2.24, 2.45) is 11.1 Å². The molecule has 0 radical (unpaired) electrons. The molecule has 22 heavy (non-hydrogen) atoms. The quantitative estimate of drug-likeness (QED) is 0.771. The van der Waals surface area contributed by atoms with Gasteiger partial charge in [-0.2, -0.15) is 0 Å². The molecule has 3 nitrogen and oxygen atoms in total. The average molecular weight is 305 g/mol. The Labute approximate surface area is 135 Å². The van der Waals surface area contributed by atoms with Crippen LogP contribution in [-0.4, -0.2) is 17.6 Å². The van der Waals surface area contributed by atoms with E-state index in [-0.39, 0.29) is 17.5 Å². The van der Waals surface area contributed by atoms with Gasteiger partial charge in [0, 0.05) is 17.5 Å². The highest BCUT2D eigenvalue weighted by Gasteiger charge is 2.30. The summed E-state index contributed by atoms with van der Waals surface area (Å²) in [6, 6.07) is 0. The Morgan fingerprint density at radius 1 is 1.27 bits per heavy atom. The first-order valence-corrected chi connectivity index (χ1v) is 8.02. The number of carbonyl (C=O) groups excluding carboxylic acids is 1. The maximum Gasteiger partial charge on any atom is 0.334 e. The molecule has 2 N–H and O–H groups in total. The van der Waals surface area contributed by atoms with E-state index in [0.717, 1.165) is 24.0 Å². The number of hydrogen-bond donors (Lipinski definition) is 1. The second kappa shape index (κ2) is 6.82. The number of ether oxygens (including phenoxy) is 1. The summed E-state index contributed by atoms with van der Waals surface area (Å²) in [5.74, 6) is -0.264. The van der Waals surface area contributed by atoms with Gasteiger partial charge >= 0.3 is 5.97 Å². The van der Waals surface area contributed by atoms with Gasteiger partial charge in [0.15, 0.2) is 0 Å². The van der Waals surface area contributed by atoms with Gasteiger partial charge in [-0.1, -0.05) is 39.5 Å². The van der Waals surface area contributed by atoms with Crippen LogP contribution < -0.4 is 5.73 Å². The zero-order chi connectivity index (χ0) is 17.1. The summed E-state index contributed by atoms with van der Waals surface area (Å²) in [7, 11) is 0. The topological polar surface area (TPSA) is 52.3 Å². The normalized spacial score (nSPS) is 18.6. The molecule has 1 aliphatic carbocycles. The smallest absolute Gasteiger partial charge is 0.334 e. The second-order valence-electron chi connectivity index (χ2n) is 7.98. The van der Waals surface area contributed by atoms with E-state index >= 15 is 0 Å². The van der Waals surface area contributed by atoms with Crippen LogP contribution in [0, 0.1) is 5.41 Å². The van der Waals surface area contributed by atoms with Crippen LogP contribution in [-0.2, 0) is 9.53 Å². The third kappa shape index (κ3) is 5.45. The van der Waals surface area contributed by atoms with E-state index in [0.29, 0.717) is 12.0 Å². The van der Waals surface area contributed by atoms with E-state index in [1.54, 1.807) is 0 Å². The lowest BCUT2D eigenvalue weighted by Gasteiger charge is -2.33. The van der Waals surface area contributed by atoms with Crippen LogP contribution in [0.1, 0.15) is 60.8 Å². The predicted molar refractivity (Wildman–Crippen MR) is 92.4 cm³/mol. The molecule has 0 aromatic carbocycles. The molecule has 0 fully saturated rings. The minimum atomic E-state index is -0.422. The number of carbonyl (C=O) groups is 1. The Morgan fingerprint density at radius 2 is 1.86 bits per heavy atom. The van der Waals surface area contributed by atoms with Crippen molar-refractivity contribution in [1.29, 1.82) is 0 Å². The molecular weight excluding hydrogens is 274 g/mol. The first-order chi connectivity index (χ1) is 9.92. The van der Waals surface area contributed by atoms with Crippen LogP contribution in [0.3, 0.4) is 0 Å². The standard InChI is InChI=1S/C19H31NO2/c1-13(2)22-17(21)15-8-9-16(14(3)12-15)19(7,20)11-10-18(4,5)6/h8-9,13H,3,10-12,20H2,1-2,4-7H3/t19-/m0/s1. The van der Waals surface area contributed by atoms with E-state index in [4.69, 9.17) is 10.5 Å². The van der Waals surface area contributed by atoms with Gasteiger partial charge in [0.05, 0.1) is 6.10 Å². The molecule has 0 bridgehead atoms. The Balaban J connectivity index is 2.87. The second-order valence-corrected chi connectivity index (χ2v) is 7.98. The number of nitrogens with two attached hydrogens (primary N) is 1. The van der Waals surface area contributed by atoms with Crippen LogP contribution in [0.15, 0.2) is 35.5 Å². The summed E-state index contributed by atoms with van der Waals surface area (Å²) >= 11 is 0. The van der Waals surface area contributed by atoms with E-state index in [1.165, 1.54) is 0 Å². The molecule has 1 rings (SSSR count). The fourth-order valence-electron chi connectivity index (χ4n) is 2.48. The summed E-state index contributed by atoms with van der Waals surface area (Å²) < 4.78 is 5.24. The molecule has 0 aromatic rings. The molecule has 0 heterocycles. The van der Waals surface area contributed by atoms with Gasteiger partial charge < -0.3 is 10.5 Å². The van der Waals surface area contributed by atoms with E-state index in [2.05, 4.69) is 27.4 Å². The molecular formula is C19H31NO2. The van der Waals surface area contributed by atoms with E-state index in [9.17, 15) is 4.79 Å². The number of allylic oxidation sites excluding steroid dienone is 2. The van der Waals surface area contributed by atoms with Crippen molar-refractivity contribution in [3.63, 3.8) is 0 Å². The highest BCUT2D eigenvalue weighted by Crippen LogP contribution is 2.35. The monoisotopic (exact) mass is 305 g/mol. The van der Waals surface area contributed by atoms with Crippen LogP contribution >= 0.6 is 0 Å². The zero-order valence-electron chi connectivity index (χ0n) is 15.0. The summed E-state index contributed by atoms with van der Waals surface area (Å²) in [5.41, 5.74) is 8.94. The average Bonchev–Trinajstić information content (AvgIpc) is 2.34. The molecule has 1 aliphatic rings.